The summed E-state index contributed by atoms with van der Waals surface area (Å²) < 4.78 is 0. The Bertz CT molecular complexity index is 155. The van der Waals surface area contributed by atoms with E-state index in [1.54, 1.807) is 0 Å². The molecule has 1 amide bonds. The molecule has 2 nitrogen and oxygen atoms in total. The lowest BCUT2D eigenvalue weighted by Gasteiger charge is -2.21. The van der Waals surface area contributed by atoms with Gasteiger partial charge in [0.1, 0.15) is 0 Å². The molecule has 0 aromatic rings. The SMILES string of the molecule is CCC(C)(C)C(=O)NCC(C)Br. The maximum atomic E-state index is 11.5. The third-order valence-corrected chi connectivity index (χ3v) is 2.37. The molecule has 0 aliphatic carbocycles. The molecule has 0 saturated heterocycles. The van der Waals surface area contributed by atoms with E-state index >= 15 is 0 Å². The molecule has 72 valence electrons. The Labute approximate surface area is 83.2 Å². The molecule has 0 aromatic heterocycles. The number of carbonyl (C=O) groups excluding carboxylic acids is 1. The van der Waals surface area contributed by atoms with Crippen LogP contribution in [0.3, 0.4) is 0 Å². The average Bonchev–Trinajstić information content (AvgIpc) is 2.00. The highest BCUT2D eigenvalue weighted by Crippen LogP contribution is 2.19. The second-order valence-corrected chi connectivity index (χ2v) is 5.29. The molecule has 0 aromatic carbocycles. The first kappa shape index (κ1) is 11.9. The minimum Gasteiger partial charge on any atom is -0.355 e. The van der Waals surface area contributed by atoms with Crippen LogP contribution in [0.2, 0.25) is 0 Å². The van der Waals surface area contributed by atoms with Crippen LogP contribution in [0, 0.1) is 5.41 Å². The lowest BCUT2D eigenvalue weighted by molar-refractivity contribution is -0.129. The number of carbonyl (C=O) groups is 1. The molecule has 3 heteroatoms. The quantitative estimate of drug-likeness (QED) is 0.745. The van der Waals surface area contributed by atoms with E-state index in [2.05, 4.69) is 21.2 Å². The van der Waals surface area contributed by atoms with Gasteiger partial charge in [0.05, 0.1) is 0 Å². The van der Waals surface area contributed by atoms with Crippen molar-refractivity contribution in [2.45, 2.75) is 38.9 Å². The van der Waals surface area contributed by atoms with E-state index in [0.29, 0.717) is 11.4 Å². The van der Waals surface area contributed by atoms with Gasteiger partial charge in [-0.25, -0.2) is 0 Å². The predicted octanol–water partition coefficient (Wildman–Crippen LogP) is 2.32. The van der Waals surface area contributed by atoms with Crippen molar-refractivity contribution in [1.82, 2.24) is 5.32 Å². The van der Waals surface area contributed by atoms with Crippen molar-refractivity contribution >= 4 is 21.8 Å². The van der Waals surface area contributed by atoms with Crippen LogP contribution in [-0.4, -0.2) is 17.3 Å². The van der Waals surface area contributed by atoms with Crippen LogP contribution in [0.1, 0.15) is 34.1 Å². The average molecular weight is 236 g/mol. The Morgan fingerprint density at radius 1 is 1.58 bits per heavy atom. The van der Waals surface area contributed by atoms with Crippen molar-refractivity contribution < 1.29 is 4.79 Å². The van der Waals surface area contributed by atoms with Crippen molar-refractivity contribution in [3.8, 4) is 0 Å². The Balaban J connectivity index is 3.88. The first-order valence-electron chi connectivity index (χ1n) is 4.32. The zero-order valence-electron chi connectivity index (χ0n) is 8.28. The van der Waals surface area contributed by atoms with Crippen molar-refractivity contribution in [2.75, 3.05) is 6.54 Å². The van der Waals surface area contributed by atoms with Crippen molar-refractivity contribution in [3.63, 3.8) is 0 Å². The van der Waals surface area contributed by atoms with E-state index in [4.69, 9.17) is 0 Å². The van der Waals surface area contributed by atoms with Gasteiger partial charge in [0, 0.05) is 16.8 Å². The Kier molecular flexibility index (Phi) is 4.83. The largest absolute Gasteiger partial charge is 0.355 e. The maximum Gasteiger partial charge on any atom is 0.225 e. The summed E-state index contributed by atoms with van der Waals surface area (Å²) in [6.45, 7) is 8.65. The topological polar surface area (TPSA) is 29.1 Å². The van der Waals surface area contributed by atoms with Crippen LogP contribution in [0.4, 0.5) is 0 Å². The second kappa shape index (κ2) is 4.85. The second-order valence-electron chi connectivity index (χ2n) is 3.73. The van der Waals surface area contributed by atoms with Crippen LogP contribution in [0.5, 0.6) is 0 Å². The van der Waals surface area contributed by atoms with Gasteiger partial charge in [0.25, 0.3) is 0 Å². The molecule has 1 atom stereocenters. The lowest BCUT2D eigenvalue weighted by atomic mass is 9.89. The molecule has 0 rings (SSSR count). The number of rotatable bonds is 4. The van der Waals surface area contributed by atoms with Gasteiger partial charge < -0.3 is 5.32 Å². The normalized spacial score (nSPS) is 14.1. The molecule has 0 aliphatic heterocycles. The van der Waals surface area contributed by atoms with Gasteiger partial charge in [0.2, 0.25) is 5.91 Å². The summed E-state index contributed by atoms with van der Waals surface area (Å²) in [5, 5.41) is 2.89. The van der Waals surface area contributed by atoms with Crippen molar-refractivity contribution in [2.24, 2.45) is 5.41 Å². The first-order chi connectivity index (χ1) is 5.40. The Morgan fingerprint density at radius 3 is 2.42 bits per heavy atom. The van der Waals surface area contributed by atoms with Gasteiger partial charge in [0.15, 0.2) is 0 Å². The third-order valence-electron chi connectivity index (χ3n) is 2.04. The molecular formula is C9H18BrNO. The summed E-state index contributed by atoms with van der Waals surface area (Å²) >= 11 is 3.38. The number of nitrogens with one attached hydrogen (secondary N) is 1. The van der Waals surface area contributed by atoms with Gasteiger partial charge in [-0.3, -0.25) is 4.79 Å². The molecule has 0 saturated carbocycles. The fraction of sp³-hybridized carbons (Fsp3) is 0.889. The third kappa shape index (κ3) is 4.10. The van der Waals surface area contributed by atoms with E-state index in [-0.39, 0.29) is 11.3 Å². The summed E-state index contributed by atoms with van der Waals surface area (Å²) in [6, 6.07) is 0. The van der Waals surface area contributed by atoms with Crippen LogP contribution in [0.25, 0.3) is 0 Å². The summed E-state index contributed by atoms with van der Waals surface area (Å²) in [5.41, 5.74) is -0.234. The van der Waals surface area contributed by atoms with E-state index in [1.165, 1.54) is 0 Å². The van der Waals surface area contributed by atoms with Gasteiger partial charge in [-0.05, 0) is 6.42 Å². The predicted molar refractivity (Wildman–Crippen MR) is 55.5 cm³/mol. The fourth-order valence-electron chi connectivity index (χ4n) is 0.633. The van der Waals surface area contributed by atoms with E-state index in [0.717, 1.165) is 6.42 Å². The maximum absolute atomic E-state index is 11.5. The summed E-state index contributed by atoms with van der Waals surface area (Å²) in [5.74, 6) is 0.135. The van der Waals surface area contributed by atoms with Gasteiger partial charge >= 0.3 is 0 Å². The van der Waals surface area contributed by atoms with Crippen LogP contribution < -0.4 is 5.32 Å². The first-order valence-corrected chi connectivity index (χ1v) is 5.24. The van der Waals surface area contributed by atoms with Gasteiger partial charge in [-0.1, -0.05) is 43.6 Å². The summed E-state index contributed by atoms with van der Waals surface area (Å²) in [6.07, 6.45) is 0.871. The number of hydrogen-bond donors (Lipinski definition) is 1. The zero-order valence-corrected chi connectivity index (χ0v) is 9.86. The number of halogens is 1. The molecular weight excluding hydrogens is 218 g/mol. The molecule has 0 bridgehead atoms. The van der Waals surface area contributed by atoms with Crippen molar-refractivity contribution in [3.05, 3.63) is 0 Å². The van der Waals surface area contributed by atoms with Crippen LogP contribution in [0.15, 0.2) is 0 Å². The van der Waals surface area contributed by atoms with Gasteiger partial charge in [-0.2, -0.15) is 0 Å². The molecule has 0 fully saturated rings. The smallest absolute Gasteiger partial charge is 0.225 e. The van der Waals surface area contributed by atoms with E-state index in [9.17, 15) is 4.79 Å². The summed E-state index contributed by atoms with van der Waals surface area (Å²) in [4.78, 5) is 11.8. The van der Waals surface area contributed by atoms with Gasteiger partial charge in [-0.15, -0.1) is 0 Å². The molecule has 0 heterocycles. The molecule has 0 spiro atoms. The molecule has 1 N–H and O–H groups in total. The molecule has 1 unspecified atom stereocenters. The standard InChI is InChI=1S/C9H18BrNO/c1-5-9(3,4)8(12)11-6-7(2)10/h7H,5-6H2,1-4H3,(H,11,12). The minimum absolute atomic E-state index is 0.135. The number of alkyl halides is 1. The molecule has 12 heavy (non-hydrogen) atoms. The highest BCUT2D eigenvalue weighted by Gasteiger charge is 2.24. The molecule has 0 radical (unpaired) electrons. The highest BCUT2D eigenvalue weighted by atomic mass is 79.9. The number of amides is 1. The Hall–Kier alpha value is -0.0500. The van der Waals surface area contributed by atoms with E-state index < -0.39 is 0 Å². The van der Waals surface area contributed by atoms with Crippen LogP contribution in [-0.2, 0) is 4.79 Å². The lowest BCUT2D eigenvalue weighted by Crippen LogP contribution is -2.38. The van der Waals surface area contributed by atoms with Crippen molar-refractivity contribution in [1.29, 1.82) is 0 Å². The minimum atomic E-state index is -0.234. The van der Waals surface area contributed by atoms with Crippen LogP contribution >= 0.6 is 15.9 Å². The summed E-state index contributed by atoms with van der Waals surface area (Å²) in [7, 11) is 0. The Morgan fingerprint density at radius 2 is 2.08 bits per heavy atom. The number of hydrogen-bond acceptors (Lipinski definition) is 1. The monoisotopic (exact) mass is 235 g/mol. The molecule has 0 aliphatic rings. The zero-order chi connectivity index (χ0) is 9.78. The van der Waals surface area contributed by atoms with E-state index in [1.807, 2.05) is 27.7 Å². The fourth-order valence-corrected chi connectivity index (χ4v) is 0.795. The highest BCUT2D eigenvalue weighted by molar-refractivity contribution is 9.09.